The van der Waals surface area contributed by atoms with Gasteiger partial charge in [-0.25, -0.2) is 0 Å². The van der Waals surface area contributed by atoms with Crippen LogP contribution < -0.4 is 4.74 Å². The Balaban J connectivity index is 2.52. The molecule has 0 saturated heterocycles. The van der Waals surface area contributed by atoms with Crippen molar-refractivity contribution in [1.82, 2.24) is 0 Å². The Bertz CT molecular complexity index is 473. The molecule has 0 amide bonds. The van der Waals surface area contributed by atoms with Crippen molar-refractivity contribution in [3.05, 3.63) is 28.3 Å². The molecular weight excluding hydrogens is 236 g/mol. The van der Waals surface area contributed by atoms with Crippen LogP contribution in [-0.2, 0) is 12.8 Å². The molecule has 0 fully saturated rings. The van der Waals surface area contributed by atoms with Crippen LogP contribution in [0.15, 0.2) is 6.07 Å². The number of benzene rings is 1. The van der Waals surface area contributed by atoms with E-state index in [2.05, 4.69) is 40.7 Å². The Morgan fingerprint density at radius 1 is 1.37 bits per heavy atom. The highest BCUT2D eigenvalue weighted by Gasteiger charge is 2.34. The van der Waals surface area contributed by atoms with Crippen LogP contribution in [0, 0.1) is 6.92 Å². The zero-order valence-corrected chi connectivity index (χ0v) is 12.8. The first-order chi connectivity index (χ1) is 8.85. The molecule has 1 heterocycles. The van der Waals surface area contributed by atoms with Crippen LogP contribution >= 0.6 is 0 Å². The lowest BCUT2D eigenvalue weighted by Gasteiger charge is -2.19. The van der Waals surface area contributed by atoms with Gasteiger partial charge in [0.05, 0.1) is 0 Å². The lowest BCUT2D eigenvalue weighted by molar-refractivity contribution is 0.137. The second-order valence-electron chi connectivity index (χ2n) is 6.59. The Labute approximate surface area is 116 Å². The Kier molecular flexibility index (Phi) is 3.91. The molecule has 106 valence electrons. The van der Waals surface area contributed by atoms with E-state index >= 15 is 0 Å². The van der Waals surface area contributed by atoms with Gasteiger partial charge in [0.1, 0.15) is 11.4 Å². The molecule has 0 radical (unpaired) electrons. The lowest BCUT2D eigenvalue weighted by atomic mass is 9.87. The van der Waals surface area contributed by atoms with Gasteiger partial charge in [0.15, 0.2) is 0 Å². The van der Waals surface area contributed by atoms with Gasteiger partial charge in [-0.1, -0.05) is 19.9 Å². The summed E-state index contributed by atoms with van der Waals surface area (Å²) in [7, 11) is 0. The van der Waals surface area contributed by atoms with Crippen LogP contribution in [0.25, 0.3) is 0 Å². The number of ether oxygens (including phenoxy) is 1. The number of hydrogen-bond acceptors (Lipinski definition) is 2. The van der Waals surface area contributed by atoms with Crippen LogP contribution in [0.3, 0.4) is 0 Å². The minimum absolute atomic E-state index is 0.103. The minimum Gasteiger partial charge on any atom is -0.487 e. The highest BCUT2D eigenvalue weighted by atomic mass is 16.5. The van der Waals surface area contributed by atoms with Crippen LogP contribution in [0.5, 0.6) is 5.75 Å². The first kappa shape index (κ1) is 14.4. The fourth-order valence-corrected chi connectivity index (χ4v) is 3.03. The van der Waals surface area contributed by atoms with E-state index in [4.69, 9.17) is 9.84 Å². The highest BCUT2D eigenvalue weighted by Crippen LogP contribution is 2.43. The number of aryl methyl sites for hydroxylation is 1. The average Bonchev–Trinajstić information content (AvgIpc) is 2.62. The maximum Gasteiger partial charge on any atom is 0.127 e. The van der Waals surface area contributed by atoms with Crippen LogP contribution in [0.4, 0.5) is 0 Å². The maximum absolute atomic E-state index is 9.07. The van der Waals surface area contributed by atoms with Gasteiger partial charge in [-0.3, -0.25) is 0 Å². The van der Waals surface area contributed by atoms with Crippen molar-refractivity contribution in [2.45, 2.75) is 65.4 Å². The molecule has 2 rings (SSSR count). The van der Waals surface area contributed by atoms with Gasteiger partial charge in [0.25, 0.3) is 0 Å². The molecule has 0 aromatic heterocycles. The molecule has 0 atom stereocenters. The average molecular weight is 262 g/mol. The van der Waals surface area contributed by atoms with E-state index in [0.717, 1.165) is 25.0 Å². The molecule has 1 aromatic carbocycles. The van der Waals surface area contributed by atoms with E-state index in [9.17, 15) is 0 Å². The van der Waals surface area contributed by atoms with Crippen LogP contribution in [0.1, 0.15) is 62.3 Å². The van der Waals surface area contributed by atoms with E-state index in [0.29, 0.717) is 5.92 Å². The molecule has 0 bridgehead atoms. The minimum atomic E-state index is -0.103. The van der Waals surface area contributed by atoms with E-state index in [1.807, 2.05) is 0 Å². The number of fused-ring (bicyclic) bond motifs is 1. The molecule has 19 heavy (non-hydrogen) atoms. The summed E-state index contributed by atoms with van der Waals surface area (Å²) in [6.45, 7) is 11.2. The normalized spacial score (nSPS) is 16.6. The standard InChI is InChI=1S/C17H26O2/c1-11(2)14-9-12(3)13(7-6-8-18)16-15(14)10-17(4,5)19-16/h9,11,18H,6-8,10H2,1-5H3. The third-order valence-corrected chi connectivity index (χ3v) is 3.93. The predicted octanol–water partition coefficient (Wildman–Crippen LogP) is 3.76. The summed E-state index contributed by atoms with van der Waals surface area (Å²) in [5.41, 5.74) is 5.30. The topological polar surface area (TPSA) is 29.5 Å². The zero-order valence-electron chi connectivity index (χ0n) is 12.8. The summed E-state index contributed by atoms with van der Waals surface area (Å²) in [6, 6.07) is 2.32. The third kappa shape index (κ3) is 2.79. The number of aliphatic hydroxyl groups excluding tert-OH is 1. The molecule has 1 aliphatic rings. The van der Waals surface area contributed by atoms with Gasteiger partial charge in [-0.2, -0.15) is 0 Å². The number of rotatable bonds is 4. The summed E-state index contributed by atoms with van der Waals surface area (Å²) in [5, 5.41) is 9.07. The molecule has 0 spiro atoms. The molecule has 2 nitrogen and oxygen atoms in total. The van der Waals surface area contributed by atoms with E-state index < -0.39 is 0 Å². The van der Waals surface area contributed by atoms with Crippen molar-refractivity contribution in [2.75, 3.05) is 6.61 Å². The quantitative estimate of drug-likeness (QED) is 0.895. The summed E-state index contributed by atoms with van der Waals surface area (Å²) >= 11 is 0. The number of aliphatic hydroxyl groups is 1. The van der Waals surface area contributed by atoms with Gasteiger partial charge in [0.2, 0.25) is 0 Å². The van der Waals surface area contributed by atoms with Crippen LogP contribution in [-0.4, -0.2) is 17.3 Å². The molecule has 0 saturated carbocycles. The van der Waals surface area contributed by atoms with E-state index in [1.165, 1.54) is 22.3 Å². The highest BCUT2D eigenvalue weighted by molar-refractivity contribution is 5.54. The number of hydrogen-bond donors (Lipinski definition) is 1. The van der Waals surface area contributed by atoms with Gasteiger partial charge in [-0.05, 0) is 56.2 Å². The van der Waals surface area contributed by atoms with E-state index in [-0.39, 0.29) is 12.2 Å². The summed E-state index contributed by atoms with van der Waals surface area (Å²) in [5.74, 6) is 1.62. The van der Waals surface area contributed by atoms with Gasteiger partial charge < -0.3 is 9.84 Å². The van der Waals surface area contributed by atoms with Crippen LogP contribution in [0.2, 0.25) is 0 Å². The van der Waals surface area contributed by atoms with Crippen molar-refractivity contribution in [3.8, 4) is 5.75 Å². The first-order valence-corrected chi connectivity index (χ1v) is 7.31. The van der Waals surface area contributed by atoms with Gasteiger partial charge in [0, 0.05) is 18.6 Å². The maximum atomic E-state index is 9.07. The first-order valence-electron chi connectivity index (χ1n) is 7.31. The van der Waals surface area contributed by atoms with Crippen molar-refractivity contribution in [1.29, 1.82) is 0 Å². The predicted molar refractivity (Wildman–Crippen MR) is 79.1 cm³/mol. The molecule has 0 aliphatic carbocycles. The van der Waals surface area contributed by atoms with Crippen molar-refractivity contribution in [3.63, 3.8) is 0 Å². The SMILES string of the molecule is Cc1cc(C(C)C)c2c(c1CCCO)OC(C)(C)C2. The molecule has 2 heteroatoms. The Hall–Kier alpha value is -1.02. The fourth-order valence-electron chi connectivity index (χ4n) is 3.03. The second kappa shape index (κ2) is 5.16. The summed E-state index contributed by atoms with van der Waals surface area (Å²) in [4.78, 5) is 0. The zero-order chi connectivity index (χ0) is 14.2. The Morgan fingerprint density at radius 2 is 2.05 bits per heavy atom. The van der Waals surface area contributed by atoms with E-state index in [1.54, 1.807) is 0 Å². The lowest BCUT2D eigenvalue weighted by Crippen LogP contribution is -2.25. The molecule has 1 N–H and O–H groups in total. The summed E-state index contributed by atoms with van der Waals surface area (Å²) < 4.78 is 6.21. The van der Waals surface area contributed by atoms with Crippen molar-refractivity contribution < 1.29 is 9.84 Å². The van der Waals surface area contributed by atoms with Crippen molar-refractivity contribution >= 4 is 0 Å². The summed E-state index contributed by atoms with van der Waals surface area (Å²) in [6.07, 6.45) is 2.69. The fraction of sp³-hybridized carbons (Fsp3) is 0.647. The van der Waals surface area contributed by atoms with Gasteiger partial charge >= 0.3 is 0 Å². The third-order valence-electron chi connectivity index (χ3n) is 3.93. The molecule has 1 aromatic rings. The van der Waals surface area contributed by atoms with Gasteiger partial charge in [-0.15, -0.1) is 0 Å². The second-order valence-corrected chi connectivity index (χ2v) is 6.59. The monoisotopic (exact) mass is 262 g/mol. The smallest absolute Gasteiger partial charge is 0.127 e. The molecule has 1 aliphatic heterocycles. The molecule has 0 unspecified atom stereocenters. The molecular formula is C17H26O2. The largest absolute Gasteiger partial charge is 0.487 e. The Morgan fingerprint density at radius 3 is 2.63 bits per heavy atom. The van der Waals surface area contributed by atoms with Crippen molar-refractivity contribution in [2.24, 2.45) is 0 Å².